The number of fused-ring (bicyclic) bond motifs is 1. The lowest BCUT2D eigenvalue weighted by Crippen LogP contribution is -2.60. The molecule has 0 bridgehead atoms. The highest BCUT2D eigenvalue weighted by Crippen LogP contribution is 2.19. The van der Waals surface area contributed by atoms with E-state index in [2.05, 4.69) is 20.9 Å². The number of carbonyl (C=O) groups excluding carboxylic acids is 5. The van der Waals surface area contributed by atoms with Gasteiger partial charge in [-0.25, -0.2) is 4.79 Å². The van der Waals surface area contributed by atoms with Gasteiger partial charge in [0.2, 0.25) is 29.5 Å². The minimum atomic E-state index is -1.62. The van der Waals surface area contributed by atoms with Gasteiger partial charge in [0.15, 0.2) is 0 Å². The normalized spacial score (nSPS) is 14.8. The molecule has 1 aromatic carbocycles. The maximum Gasteiger partial charge on any atom is 0.326 e. The number of para-hydroxylation sites is 1. The van der Waals surface area contributed by atoms with Gasteiger partial charge in [0.05, 0.1) is 12.1 Å². The van der Waals surface area contributed by atoms with E-state index < -0.39 is 65.8 Å². The highest BCUT2D eigenvalue weighted by molar-refractivity contribution is 5.95. The second-order valence-electron chi connectivity index (χ2n) is 9.37. The summed E-state index contributed by atoms with van der Waals surface area (Å²) in [6.45, 7) is 1.21. The molecule has 0 aliphatic rings. The van der Waals surface area contributed by atoms with E-state index in [1.54, 1.807) is 18.3 Å². The van der Waals surface area contributed by atoms with E-state index in [1.807, 2.05) is 12.1 Å². The molecule has 2 rings (SSSR count). The predicted octanol–water partition coefficient (Wildman–Crippen LogP) is -2.51. The Morgan fingerprint density at radius 2 is 1.48 bits per heavy atom. The lowest BCUT2D eigenvalue weighted by atomic mass is 10.0. The molecular weight excluding hydrogens is 526 g/mol. The summed E-state index contributed by atoms with van der Waals surface area (Å²) in [7, 11) is 0. The highest BCUT2D eigenvalue weighted by atomic mass is 16.4. The summed E-state index contributed by atoms with van der Waals surface area (Å²) in [4.78, 5) is 75.7. The van der Waals surface area contributed by atoms with Gasteiger partial charge in [-0.3, -0.25) is 24.0 Å². The molecule has 0 aliphatic heterocycles. The largest absolute Gasteiger partial charge is 0.480 e. The Labute approximate surface area is 229 Å². The van der Waals surface area contributed by atoms with Crippen LogP contribution in [0.25, 0.3) is 10.9 Å². The van der Waals surface area contributed by atoms with Crippen LogP contribution in [0.4, 0.5) is 0 Å². The molecular formula is C25H35N7O8. The minimum Gasteiger partial charge on any atom is -0.480 e. The summed E-state index contributed by atoms with van der Waals surface area (Å²) in [6.07, 6.45) is -0.719. The lowest BCUT2D eigenvalue weighted by Gasteiger charge is -2.26. The lowest BCUT2D eigenvalue weighted by molar-refractivity contribution is -0.143. The van der Waals surface area contributed by atoms with Crippen molar-refractivity contribution < 1.29 is 39.0 Å². The number of carbonyl (C=O) groups is 6. The molecule has 5 atom stereocenters. The molecule has 0 saturated carbocycles. The minimum absolute atomic E-state index is 0.0470. The first-order valence-corrected chi connectivity index (χ1v) is 12.5. The number of benzene rings is 1. The first kappa shape index (κ1) is 31.7. The summed E-state index contributed by atoms with van der Waals surface area (Å²) in [5.74, 6) is -5.53. The number of nitrogens with one attached hydrogen (secondary N) is 4. The third-order valence-corrected chi connectivity index (χ3v) is 6.13. The van der Waals surface area contributed by atoms with Crippen LogP contribution in [-0.2, 0) is 35.2 Å². The van der Waals surface area contributed by atoms with Crippen LogP contribution in [0.3, 0.4) is 0 Å². The predicted molar refractivity (Wildman–Crippen MR) is 142 cm³/mol. The number of carboxylic acids is 1. The number of aliphatic hydroxyl groups excluding tert-OH is 1. The van der Waals surface area contributed by atoms with Crippen LogP contribution in [0.5, 0.6) is 0 Å². The summed E-state index contributed by atoms with van der Waals surface area (Å²) in [5, 5.41) is 27.4. The van der Waals surface area contributed by atoms with Crippen LogP contribution < -0.4 is 33.2 Å². The second-order valence-corrected chi connectivity index (χ2v) is 9.37. The molecule has 218 valence electrons. The standard InChI is InChI=1S/C25H35N7O8/c1-12(33)21(24(38)30-17(25(39)40)7-9-20(28)35)32-23(37)18(31-22(36)15(26)6-8-19(27)34)10-13-11-29-16-5-3-2-4-14(13)16/h2-5,11-12,15,17-18,21,29,33H,6-10,26H2,1H3,(H2,27,34)(H2,28,35)(H,30,38)(H,31,36)(H,32,37)(H,39,40). The fourth-order valence-corrected chi connectivity index (χ4v) is 3.90. The third-order valence-electron chi connectivity index (χ3n) is 6.13. The number of carboxylic acid groups (broad SMARTS) is 1. The van der Waals surface area contributed by atoms with E-state index in [-0.39, 0.29) is 32.1 Å². The van der Waals surface area contributed by atoms with Gasteiger partial charge >= 0.3 is 5.97 Å². The molecule has 5 amide bonds. The first-order chi connectivity index (χ1) is 18.8. The maximum atomic E-state index is 13.4. The Hall–Kier alpha value is -4.50. The van der Waals surface area contributed by atoms with Crippen molar-refractivity contribution in [1.82, 2.24) is 20.9 Å². The van der Waals surface area contributed by atoms with E-state index in [0.717, 1.165) is 10.9 Å². The van der Waals surface area contributed by atoms with Crippen molar-refractivity contribution in [3.8, 4) is 0 Å². The summed E-state index contributed by atoms with van der Waals surface area (Å²) in [5.41, 5.74) is 17.5. The molecule has 1 heterocycles. The highest BCUT2D eigenvalue weighted by Gasteiger charge is 2.33. The van der Waals surface area contributed by atoms with Crippen molar-refractivity contribution in [2.45, 2.75) is 69.3 Å². The van der Waals surface area contributed by atoms with Gasteiger partial charge in [0.25, 0.3) is 0 Å². The Balaban J connectivity index is 2.26. The Bertz CT molecular complexity index is 1240. The van der Waals surface area contributed by atoms with Crippen LogP contribution in [0.1, 0.15) is 38.2 Å². The Kier molecular flexibility index (Phi) is 11.6. The van der Waals surface area contributed by atoms with Crippen LogP contribution in [0.15, 0.2) is 30.5 Å². The molecule has 2 aromatic rings. The van der Waals surface area contributed by atoms with E-state index in [9.17, 15) is 39.0 Å². The van der Waals surface area contributed by atoms with Gasteiger partial charge < -0.3 is 48.3 Å². The van der Waals surface area contributed by atoms with Gasteiger partial charge in [-0.05, 0) is 31.4 Å². The van der Waals surface area contributed by atoms with Gasteiger partial charge in [0.1, 0.15) is 18.1 Å². The molecule has 1 aromatic heterocycles. The average Bonchev–Trinajstić information content (AvgIpc) is 3.29. The topological polar surface area (TPSA) is 273 Å². The number of nitrogens with two attached hydrogens (primary N) is 3. The molecule has 15 heteroatoms. The fourth-order valence-electron chi connectivity index (χ4n) is 3.90. The maximum absolute atomic E-state index is 13.4. The van der Waals surface area contributed by atoms with Crippen molar-refractivity contribution in [1.29, 1.82) is 0 Å². The monoisotopic (exact) mass is 561 g/mol. The number of amides is 5. The molecule has 12 N–H and O–H groups in total. The second kappa shape index (κ2) is 14.6. The quantitative estimate of drug-likeness (QED) is 0.104. The zero-order valence-electron chi connectivity index (χ0n) is 21.9. The molecule has 0 aliphatic carbocycles. The van der Waals surface area contributed by atoms with Gasteiger partial charge in [-0.1, -0.05) is 18.2 Å². The van der Waals surface area contributed by atoms with Crippen molar-refractivity contribution in [2.24, 2.45) is 17.2 Å². The number of aromatic nitrogens is 1. The van der Waals surface area contributed by atoms with Crippen molar-refractivity contribution >= 4 is 46.4 Å². The first-order valence-electron chi connectivity index (χ1n) is 12.5. The van der Waals surface area contributed by atoms with Gasteiger partial charge in [-0.15, -0.1) is 0 Å². The molecule has 0 radical (unpaired) electrons. The molecule has 15 nitrogen and oxygen atoms in total. The van der Waals surface area contributed by atoms with E-state index in [1.165, 1.54) is 6.92 Å². The van der Waals surface area contributed by atoms with Crippen LogP contribution >= 0.6 is 0 Å². The Morgan fingerprint density at radius 1 is 0.875 bits per heavy atom. The van der Waals surface area contributed by atoms with E-state index in [0.29, 0.717) is 5.56 Å². The average molecular weight is 562 g/mol. The smallest absolute Gasteiger partial charge is 0.326 e. The zero-order chi connectivity index (χ0) is 30.0. The fraction of sp³-hybridized carbons (Fsp3) is 0.440. The van der Waals surface area contributed by atoms with Crippen LogP contribution in [0, 0.1) is 0 Å². The third kappa shape index (κ3) is 9.36. The van der Waals surface area contributed by atoms with Gasteiger partial charge in [-0.2, -0.15) is 0 Å². The number of rotatable bonds is 16. The van der Waals surface area contributed by atoms with Crippen LogP contribution in [0.2, 0.25) is 0 Å². The Morgan fingerprint density at radius 3 is 2.08 bits per heavy atom. The number of H-pyrrole nitrogens is 1. The summed E-state index contributed by atoms with van der Waals surface area (Å²) < 4.78 is 0. The van der Waals surface area contributed by atoms with Gasteiger partial charge in [0, 0.05) is 36.4 Å². The number of hydrogen-bond acceptors (Lipinski definition) is 8. The van der Waals surface area contributed by atoms with Crippen molar-refractivity contribution in [3.05, 3.63) is 36.0 Å². The van der Waals surface area contributed by atoms with E-state index >= 15 is 0 Å². The van der Waals surface area contributed by atoms with Crippen molar-refractivity contribution in [2.75, 3.05) is 0 Å². The van der Waals surface area contributed by atoms with Crippen LogP contribution in [-0.4, -0.2) is 81.0 Å². The SMILES string of the molecule is CC(O)C(NC(=O)C(Cc1c[nH]c2ccccc12)NC(=O)C(N)CCC(N)=O)C(=O)NC(CCC(N)=O)C(=O)O. The summed E-state index contributed by atoms with van der Waals surface area (Å²) in [6, 6.07) is 1.65. The number of aromatic amines is 1. The van der Waals surface area contributed by atoms with Crippen molar-refractivity contribution in [3.63, 3.8) is 0 Å². The number of aliphatic carboxylic acids is 1. The molecule has 40 heavy (non-hydrogen) atoms. The number of hydrogen-bond donors (Lipinski definition) is 9. The molecule has 5 unspecified atom stereocenters. The number of primary amides is 2. The zero-order valence-corrected chi connectivity index (χ0v) is 21.9. The molecule has 0 spiro atoms. The molecule has 0 fully saturated rings. The summed E-state index contributed by atoms with van der Waals surface area (Å²) >= 11 is 0. The molecule has 0 saturated heterocycles. The van der Waals surface area contributed by atoms with E-state index in [4.69, 9.17) is 17.2 Å². The number of aliphatic hydroxyl groups is 1.